The molecule has 14 heavy (non-hydrogen) atoms. The molecule has 0 bridgehead atoms. The van der Waals surface area contributed by atoms with Crippen LogP contribution in [0.1, 0.15) is 11.4 Å². The van der Waals surface area contributed by atoms with Crippen LogP contribution in [-0.4, -0.2) is 4.98 Å². The highest BCUT2D eigenvalue weighted by molar-refractivity contribution is 9.10. The van der Waals surface area contributed by atoms with E-state index in [2.05, 4.69) is 20.9 Å². The van der Waals surface area contributed by atoms with Crippen molar-refractivity contribution in [3.05, 3.63) is 40.3 Å². The molecule has 72 valence electrons. The van der Waals surface area contributed by atoms with Crippen molar-refractivity contribution in [2.45, 2.75) is 13.8 Å². The summed E-state index contributed by atoms with van der Waals surface area (Å²) in [5.41, 5.74) is 3.07. The molecule has 0 aliphatic carbocycles. The summed E-state index contributed by atoms with van der Waals surface area (Å²) in [7, 11) is 0. The standard InChI is InChI=1S/C11H10BrNO/c1-7-5-9(6-8(2)13-7)11-10(12)3-4-14-11/h3-6H,1-2H3. The lowest BCUT2D eigenvalue weighted by Crippen LogP contribution is -1.87. The highest BCUT2D eigenvalue weighted by Crippen LogP contribution is 2.29. The largest absolute Gasteiger partial charge is 0.463 e. The number of halogens is 1. The van der Waals surface area contributed by atoms with Crippen molar-refractivity contribution in [2.75, 3.05) is 0 Å². The molecule has 2 nitrogen and oxygen atoms in total. The first kappa shape index (κ1) is 9.46. The van der Waals surface area contributed by atoms with Crippen LogP contribution >= 0.6 is 15.9 Å². The highest BCUT2D eigenvalue weighted by Gasteiger charge is 2.07. The highest BCUT2D eigenvalue weighted by atomic mass is 79.9. The molecule has 0 aromatic carbocycles. The van der Waals surface area contributed by atoms with E-state index in [0.717, 1.165) is 27.2 Å². The van der Waals surface area contributed by atoms with Gasteiger partial charge in [-0.05, 0) is 48.0 Å². The van der Waals surface area contributed by atoms with Crippen LogP contribution in [-0.2, 0) is 0 Å². The maximum atomic E-state index is 5.39. The fraction of sp³-hybridized carbons (Fsp3) is 0.182. The minimum absolute atomic E-state index is 0.860. The summed E-state index contributed by atoms with van der Waals surface area (Å²) in [6.07, 6.45) is 1.67. The first-order chi connectivity index (χ1) is 6.66. The van der Waals surface area contributed by atoms with E-state index in [4.69, 9.17) is 4.42 Å². The van der Waals surface area contributed by atoms with E-state index in [-0.39, 0.29) is 0 Å². The van der Waals surface area contributed by atoms with Crippen LogP contribution < -0.4 is 0 Å². The Morgan fingerprint density at radius 2 is 1.86 bits per heavy atom. The van der Waals surface area contributed by atoms with E-state index >= 15 is 0 Å². The lowest BCUT2D eigenvalue weighted by molar-refractivity contribution is 0.581. The van der Waals surface area contributed by atoms with E-state index in [1.165, 1.54) is 0 Å². The van der Waals surface area contributed by atoms with Gasteiger partial charge in [0, 0.05) is 17.0 Å². The predicted octanol–water partition coefficient (Wildman–Crippen LogP) is 3.72. The van der Waals surface area contributed by atoms with Crippen LogP contribution in [0.3, 0.4) is 0 Å². The average molecular weight is 252 g/mol. The second kappa shape index (κ2) is 3.58. The second-order valence-corrected chi connectivity index (χ2v) is 4.09. The molecule has 0 aliphatic rings. The number of furan rings is 1. The topological polar surface area (TPSA) is 26.0 Å². The summed E-state index contributed by atoms with van der Waals surface area (Å²) < 4.78 is 6.36. The number of aryl methyl sites for hydroxylation is 2. The predicted molar refractivity (Wildman–Crippen MR) is 59.1 cm³/mol. The van der Waals surface area contributed by atoms with Gasteiger partial charge in [0.1, 0.15) is 5.76 Å². The summed E-state index contributed by atoms with van der Waals surface area (Å²) in [6.45, 7) is 3.96. The van der Waals surface area contributed by atoms with Crippen molar-refractivity contribution >= 4 is 15.9 Å². The first-order valence-electron chi connectivity index (χ1n) is 4.35. The van der Waals surface area contributed by atoms with Gasteiger partial charge in [0.25, 0.3) is 0 Å². The van der Waals surface area contributed by atoms with Gasteiger partial charge in [0.2, 0.25) is 0 Å². The Kier molecular flexibility index (Phi) is 2.42. The normalized spacial score (nSPS) is 10.5. The van der Waals surface area contributed by atoms with Crippen molar-refractivity contribution in [2.24, 2.45) is 0 Å². The molecule has 2 aromatic rings. The summed E-state index contributed by atoms with van der Waals surface area (Å²) in [5, 5.41) is 0. The van der Waals surface area contributed by atoms with Crippen LogP contribution in [0.25, 0.3) is 11.3 Å². The van der Waals surface area contributed by atoms with Gasteiger partial charge in [0.05, 0.1) is 10.7 Å². The monoisotopic (exact) mass is 251 g/mol. The van der Waals surface area contributed by atoms with Gasteiger partial charge >= 0.3 is 0 Å². The Labute approximate surface area is 91.1 Å². The Morgan fingerprint density at radius 1 is 1.21 bits per heavy atom. The number of pyridine rings is 1. The number of rotatable bonds is 1. The molecule has 0 radical (unpaired) electrons. The van der Waals surface area contributed by atoms with Gasteiger partial charge in [0.15, 0.2) is 0 Å². The number of hydrogen-bond donors (Lipinski definition) is 0. The minimum atomic E-state index is 0.860. The average Bonchev–Trinajstić information content (AvgIpc) is 2.49. The van der Waals surface area contributed by atoms with Crippen LogP contribution in [0, 0.1) is 13.8 Å². The molecule has 0 atom stereocenters. The molecule has 0 fully saturated rings. The SMILES string of the molecule is Cc1cc(-c2occc2Br)cc(C)n1. The maximum absolute atomic E-state index is 5.39. The number of nitrogens with zero attached hydrogens (tertiary/aromatic N) is 1. The van der Waals surface area contributed by atoms with Gasteiger partial charge in [-0.25, -0.2) is 0 Å². The first-order valence-corrected chi connectivity index (χ1v) is 5.15. The van der Waals surface area contributed by atoms with Gasteiger partial charge in [-0.1, -0.05) is 0 Å². The lowest BCUT2D eigenvalue weighted by atomic mass is 10.1. The second-order valence-electron chi connectivity index (χ2n) is 3.24. The molecule has 2 heterocycles. The maximum Gasteiger partial charge on any atom is 0.148 e. The zero-order valence-corrected chi connectivity index (χ0v) is 9.63. The van der Waals surface area contributed by atoms with Crippen molar-refractivity contribution in [1.29, 1.82) is 0 Å². The van der Waals surface area contributed by atoms with Crippen molar-refractivity contribution < 1.29 is 4.42 Å². The van der Waals surface area contributed by atoms with E-state index in [1.807, 2.05) is 32.0 Å². The fourth-order valence-corrected chi connectivity index (χ4v) is 1.90. The molecule has 3 heteroatoms. The molecular weight excluding hydrogens is 242 g/mol. The van der Waals surface area contributed by atoms with Crippen LogP contribution in [0.5, 0.6) is 0 Å². The molecule has 0 aliphatic heterocycles. The Bertz CT molecular complexity index is 442. The Morgan fingerprint density at radius 3 is 2.36 bits per heavy atom. The van der Waals surface area contributed by atoms with Gasteiger partial charge in [-0.15, -0.1) is 0 Å². The Balaban J connectivity index is 2.57. The third-order valence-corrected chi connectivity index (χ3v) is 2.59. The van der Waals surface area contributed by atoms with Gasteiger partial charge < -0.3 is 4.42 Å². The zero-order chi connectivity index (χ0) is 10.1. The fourth-order valence-electron chi connectivity index (χ4n) is 1.47. The number of hydrogen-bond acceptors (Lipinski definition) is 2. The van der Waals surface area contributed by atoms with Crippen LogP contribution in [0.15, 0.2) is 33.4 Å². The molecule has 2 rings (SSSR count). The lowest BCUT2D eigenvalue weighted by Gasteiger charge is -2.01. The van der Waals surface area contributed by atoms with Gasteiger partial charge in [-0.2, -0.15) is 0 Å². The quantitative estimate of drug-likeness (QED) is 0.773. The van der Waals surface area contributed by atoms with Crippen molar-refractivity contribution in [3.8, 4) is 11.3 Å². The minimum Gasteiger partial charge on any atom is -0.463 e. The number of aromatic nitrogens is 1. The molecule has 0 saturated carbocycles. The molecule has 0 amide bonds. The molecule has 0 spiro atoms. The van der Waals surface area contributed by atoms with Crippen molar-refractivity contribution in [3.63, 3.8) is 0 Å². The molecule has 0 unspecified atom stereocenters. The zero-order valence-electron chi connectivity index (χ0n) is 8.04. The molecule has 0 N–H and O–H groups in total. The van der Waals surface area contributed by atoms with Crippen LogP contribution in [0.2, 0.25) is 0 Å². The molecule has 0 saturated heterocycles. The summed E-state index contributed by atoms with van der Waals surface area (Å²) >= 11 is 3.44. The van der Waals surface area contributed by atoms with E-state index in [0.29, 0.717) is 0 Å². The van der Waals surface area contributed by atoms with Crippen molar-refractivity contribution in [1.82, 2.24) is 4.98 Å². The van der Waals surface area contributed by atoms with Crippen LogP contribution in [0.4, 0.5) is 0 Å². The van der Waals surface area contributed by atoms with E-state index in [9.17, 15) is 0 Å². The van der Waals surface area contributed by atoms with E-state index < -0.39 is 0 Å². The summed E-state index contributed by atoms with van der Waals surface area (Å²) in [6, 6.07) is 5.91. The molecular formula is C11H10BrNO. The van der Waals surface area contributed by atoms with Gasteiger partial charge in [-0.3, -0.25) is 4.98 Å². The third-order valence-electron chi connectivity index (χ3n) is 1.96. The smallest absolute Gasteiger partial charge is 0.148 e. The van der Waals surface area contributed by atoms with E-state index in [1.54, 1.807) is 6.26 Å². The molecule has 2 aromatic heterocycles. The Hall–Kier alpha value is -1.09. The third kappa shape index (κ3) is 1.73. The summed E-state index contributed by atoms with van der Waals surface area (Å²) in [5.74, 6) is 0.860. The summed E-state index contributed by atoms with van der Waals surface area (Å²) in [4.78, 5) is 4.32.